The molecule has 1 heterocycles. The summed E-state index contributed by atoms with van der Waals surface area (Å²) in [6.45, 7) is 4.28. The fourth-order valence-electron chi connectivity index (χ4n) is 2.64. The zero-order valence-corrected chi connectivity index (χ0v) is 15.3. The molecule has 0 saturated heterocycles. The van der Waals surface area contributed by atoms with Gasteiger partial charge in [0.15, 0.2) is 0 Å². The van der Waals surface area contributed by atoms with Gasteiger partial charge in [0.25, 0.3) is 5.56 Å². The van der Waals surface area contributed by atoms with Crippen molar-refractivity contribution in [1.82, 2.24) is 9.97 Å². The van der Waals surface area contributed by atoms with Crippen molar-refractivity contribution in [2.75, 3.05) is 0 Å². The van der Waals surface area contributed by atoms with E-state index in [0.29, 0.717) is 6.07 Å². The van der Waals surface area contributed by atoms with Crippen molar-refractivity contribution >= 4 is 5.91 Å². The van der Waals surface area contributed by atoms with Gasteiger partial charge in [-0.1, -0.05) is 26.8 Å². The van der Waals surface area contributed by atoms with Gasteiger partial charge in [-0.2, -0.15) is 17.6 Å². The molecule has 152 valence electrons. The molecule has 0 aliphatic heterocycles. The molecule has 2 rings (SSSR count). The summed E-state index contributed by atoms with van der Waals surface area (Å²) < 4.78 is 69.2. The fraction of sp³-hybridized carbons (Fsp3) is 0.389. The van der Waals surface area contributed by atoms with Gasteiger partial charge in [0.1, 0.15) is 11.6 Å². The molecule has 3 N–H and O–H groups in total. The SMILES string of the molecule is CCc1nc(-c2c(C(F)(F)F)ccc(CC(C)(C)C(N)=O)c2F)[nH]c(=O)c1F. The minimum Gasteiger partial charge on any atom is -0.369 e. The number of aromatic amines is 1. The first-order valence-electron chi connectivity index (χ1n) is 8.27. The zero-order chi connectivity index (χ0) is 21.4. The largest absolute Gasteiger partial charge is 0.417 e. The first kappa shape index (κ1) is 21.5. The van der Waals surface area contributed by atoms with Crippen molar-refractivity contribution in [3.05, 3.63) is 50.9 Å². The van der Waals surface area contributed by atoms with Crippen molar-refractivity contribution in [1.29, 1.82) is 0 Å². The highest BCUT2D eigenvalue weighted by molar-refractivity contribution is 5.80. The summed E-state index contributed by atoms with van der Waals surface area (Å²) in [5.74, 6) is -4.08. The van der Waals surface area contributed by atoms with E-state index in [1.54, 1.807) is 0 Å². The van der Waals surface area contributed by atoms with Gasteiger partial charge in [0.2, 0.25) is 11.7 Å². The second kappa shape index (κ2) is 7.33. The molecular formula is C18H18F5N3O2. The van der Waals surface area contributed by atoms with Crippen LogP contribution in [0.25, 0.3) is 11.4 Å². The van der Waals surface area contributed by atoms with Gasteiger partial charge in [0.05, 0.1) is 16.8 Å². The number of rotatable bonds is 5. The van der Waals surface area contributed by atoms with Crippen LogP contribution in [0.1, 0.15) is 37.6 Å². The third-order valence-electron chi connectivity index (χ3n) is 4.33. The van der Waals surface area contributed by atoms with Gasteiger partial charge in [0, 0.05) is 5.41 Å². The molecule has 0 fully saturated rings. The van der Waals surface area contributed by atoms with Crippen LogP contribution in [0.2, 0.25) is 0 Å². The van der Waals surface area contributed by atoms with E-state index in [1.165, 1.54) is 20.8 Å². The maximum atomic E-state index is 15.1. The molecule has 1 amide bonds. The Balaban J connectivity index is 2.81. The Labute approximate surface area is 156 Å². The van der Waals surface area contributed by atoms with Gasteiger partial charge in [-0.15, -0.1) is 0 Å². The number of aromatic nitrogens is 2. The van der Waals surface area contributed by atoms with Crippen LogP contribution in [0, 0.1) is 17.0 Å². The summed E-state index contributed by atoms with van der Waals surface area (Å²) in [4.78, 5) is 28.8. The number of nitrogens with two attached hydrogens (primary N) is 1. The number of H-pyrrole nitrogens is 1. The van der Waals surface area contributed by atoms with Crippen molar-refractivity contribution < 1.29 is 26.7 Å². The van der Waals surface area contributed by atoms with Crippen molar-refractivity contribution in [3.8, 4) is 11.4 Å². The number of aryl methyl sites for hydroxylation is 1. The minimum atomic E-state index is -4.97. The van der Waals surface area contributed by atoms with Crippen molar-refractivity contribution in [2.24, 2.45) is 11.1 Å². The average molecular weight is 403 g/mol. The number of alkyl halides is 3. The van der Waals surface area contributed by atoms with E-state index in [9.17, 15) is 27.2 Å². The molecule has 1 aromatic carbocycles. The standard InChI is InChI=1S/C18H18F5N3O2/c1-4-10-13(20)15(27)26-14(25-10)11-9(18(21,22)23)6-5-8(12(11)19)7-17(2,3)16(24)28/h5-6H,4,7H2,1-3H3,(H2,24,28)(H,25,26,27). The van der Waals surface area contributed by atoms with Crippen molar-refractivity contribution in [2.45, 2.75) is 39.8 Å². The highest BCUT2D eigenvalue weighted by Crippen LogP contribution is 2.39. The number of hydrogen-bond acceptors (Lipinski definition) is 3. The normalized spacial score (nSPS) is 12.3. The molecule has 1 aromatic heterocycles. The maximum Gasteiger partial charge on any atom is 0.417 e. The first-order valence-corrected chi connectivity index (χ1v) is 8.27. The Kier molecular flexibility index (Phi) is 5.63. The molecule has 0 radical (unpaired) electrons. The van der Waals surface area contributed by atoms with E-state index in [4.69, 9.17) is 5.73 Å². The molecule has 28 heavy (non-hydrogen) atoms. The van der Waals surface area contributed by atoms with E-state index in [-0.39, 0.29) is 18.4 Å². The van der Waals surface area contributed by atoms with Gasteiger partial charge in [-0.05, 0) is 24.5 Å². The Morgan fingerprint density at radius 1 is 1.18 bits per heavy atom. The molecule has 0 atom stereocenters. The average Bonchev–Trinajstić information content (AvgIpc) is 2.57. The monoisotopic (exact) mass is 403 g/mol. The lowest BCUT2D eigenvalue weighted by atomic mass is 9.84. The predicted octanol–water partition coefficient (Wildman–Crippen LogP) is 3.35. The number of nitrogens with one attached hydrogen (secondary N) is 1. The van der Waals surface area contributed by atoms with E-state index in [0.717, 1.165) is 6.07 Å². The van der Waals surface area contributed by atoms with Crippen LogP contribution in [0.5, 0.6) is 0 Å². The minimum absolute atomic E-state index is 0.0832. The lowest BCUT2D eigenvalue weighted by Gasteiger charge is -2.22. The Morgan fingerprint density at radius 2 is 1.79 bits per heavy atom. The number of amides is 1. The Morgan fingerprint density at radius 3 is 2.29 bits per heavy atom. The van der Waals surface area contributed by atoms with Crippen LogP contribution >= 0.6 is 0 Å². The number of primary amides is 1. The van der Waals surface area contributed by atoms with Gasteiger partial charge in [-0.3, -0.25) is 9.59 Å². The van der Waals surface area contributed by atoms with Gasteiger partial charge < -0.3 is 10.7 Å². The van der Waals surface area contributed by atoms with Gasteiger partial charge >= 0.3 is 6.18 Å². The third-order valence-corrected chi connectivity index (χ3v) is 4.33. The molecular weight excluding hydrogens is 385 g/mol. The number of carbonyl (C=O) groups is 1. The van der Waals surface area contributed by atoms with Crippen LogP contribution in [0.4, 0.5) is 22.0 Å². The molecule has 0 aliphatic rings. The van der Waals surface area contributed by atoms with E-state index in [1.807, 2.05) is 4.98 Å². The highest BCUT2D eigenvalue weighted by atomic mass is 19.4. The van der Waals surface area contributed by atoms with Gasteiger partial charge in [-0.25, -0.2) is 9.37 Å². The highest BCUT2D eigenvalue weighted by Gasteiger charge is 2.38. The van der Waals surface area contributed by atoms with E-state index in [2.05, 4.69) is 4.98 Å². The summed E-state index contributed by atoms with van der Waals surface area (Å²) in [5, 5.41) is 0. The quantitative estimate of drug-likeness (QED) is 0.751. The topological polar surface area (TPSA) is 88.8 Å². The van der Waals surface area contributed by atoms with Crippen molar-refractivity contribution in [3.63, 3.8) is 0 Å². The summed E-state index contributed by atoms with van der Waals surface area (Å²) in [7, 11) is 0. The number of hydrogen-bond donors (Lipinski definition) is 2. The Hall–Kier alpha value is -2.78. The van der Waals surface area contributed by atoms with Crippen LogP contribution in [0.3, 0.4) is 0 Å². The Bertz CT molecular complexity index is 980. The van der Waals surface area contributed by atoms with E-state index >= 15 is 4.39 Å². The first-order chi connectivity index (χ1) is 12.8. The second-order valence-corrected chi connectivity index (χ2v) is 6.91. The van der Waals surface area contributed by atoms with Crippen LogP contribution < -0.4 is 11.3 Å². The number of halogens is 5. The predicted molar refractivity (Wildman–Crippen MR) is 91.3 cm³/mol. The number of benzene rings is 1. The molecule has 10 heteroatoms. The molecule has 0 unspecified atom stereocenters. The molecule has 5 nitrogen and oxygen atoms in total. The summed E-state index contributed by atoms with van der Waals surface area (Å²) in [6, 6.07) is 1.52. The zero-order valence-electron chi connectivity index (χ0n) is 15.3. The van der Waals surface area contributed by atoms with Crippen LogP contribution in [-0.2, 0) is 23.8 Å². The second-order valence-electron chi connectivity index (χ2n) is 6.91. The van der Waals surface area contributed by atoms with Crippen LogP contribution in [-0.4, -0.2) is 15.9 Å². The number of carbonyl (C=O) groups excluding carboxylic acids is 1. The molecule has 0 spiro atoms. The smallest absolute Gasteiger partial charge is 0.369 e. The van der Waals surface area contributed by atoms with Crippen LogP contribution in [0.15, 0.2) is 16.9 Å². The number of nitrogens with zero attached hydrogens (tertiary/aromatic N) is 1. The molecule has 0 saturated carbocycles. The summed E-state index contributed by atoms with van der Waals surface area (Å²) in [5.41, 5.74) is -0.323. The lowest BCUT2D eigenvalue weighted by molar-refractivity contribution is -0.137. The summed E-state index contributed by atoms with van der Waals surface area (Å²) in [6.07, 6.45) is -5.33. The molecule has 0 aliphatic carbocycles. The fourth-order valence-corrected chi connectivity index (χ4v) is 2.64. The van der Waals surface area contributed by atoms with E-state index < -0.39 is 57.3 Å². The molecule has 2 aromatic rings. The third kappa shape index (κ3) is 4.05. The lowest BCUT2D eigenvalue weighted by Crippen LogP contribution is -2.33. The summed E-state index contributed by atoms with van der Waals surface area (Å²) >= 11 is 0. The maximum absolute atomic E-state index is 15.1. The molecule has 0 bridgehead atoms.